The second kappa shape index (κ2) is 28.2. The summed E-state index contributed by atoms with van der Waals surface area (Å²) in [6.45, 7) is 18.1. The SMILES string of the molecule is Cc1ccc(NC(=O)N2CC[C@@H](CC(F)(F)F)C2)cc1-c1cc(C2=CCN(C(=O)OC(C)(C)C)C2)nc(N2CCOCC2)c1.Cc1ccc(NC(=O)N2CC[C@@H](CC(F)(F)F)C2)cc1-c1cc(C2=CCNC2)nc(N2CCOCC2)c1.O=C(O)C(F)(F)F. The summed E-state index contributed by atoms with van der Waals surface area (Å²) in [5, 5.41) is 16.2. The second-order valence-corrected chi connectivity index (χ2v) is 23.4. The molecule has 27 heteroatoms. The zero-order valence-corrected chi connectivity index (χ0v) is 49.6. The number of morpholine rings is 2. The highest BCUT2D eigenvalue weighted by molar-refractivity contribution is 5.92. The Kier molecular flexibility index (Phi) is 21.3. The lowest BCUT2D eigenvalue weighted by Crippen LogP contribution is -2.37. The van der Waals surface area contributed by atoms with E-state index in [1.165, 1.54) is 9.80 Å². The summed E-state index contributed by atoms with van der Waals surface area (Å²) in [7, 11) is 0. The van der Waals surface area contributed by atoms with Crippen LogP contribution in [0.3, 0.4) is 0 Å². The molecule has 0 bridgehead atoms. The molecular formula is C61H73F9N10O8. The molecule has 478 valence electrons. The molecule has 4 N–H and O–H groups in total. The van der Waals surface area contributed by atoms with E-state index in [9.17, 15) is 53.9 Å². The summed E-state index contributed by atoms with van der Waals surface area (Å²) >= 11 is 0. The first kappa shape index (κ1) is 66.3. The number of anilines is 4. The van der Waals surface area contributed by atoms with E-state index in [1.807, 2.05) is 83.2 Å². The Hall–Kier alpha value is -7.65. The molecule has 6 aliphatic heterocycles. The molecule has 0 saturated carbocycles. The van der Waals surface area contributed by atoms with Crippen LogP contribution in [0.4, 0.5) is 76.9 Å². The third kappa shape index (κ3) is 18.9. The Morgan fingerprint density at radius 1 is 0.625 bits per heavy atom. The van der Waals surface area contributed by atoms with E-state index in [2.05, 4.69) is 44.0 Å². The molecule has 4 saturated heterocycles. The predicted octanol–water partition coefficient (Wildman–Crippen LogP) is 11.7. The van der Waals surface area contributed by atoms with Crippen molar-refractivity contribution >= 4 is 58.3 Å². The lowest BCUT2D eigenvalue weighted by atomic mass is 9.98. The first-order valence-corrected chi connectivity index (χ1v) is 29.0. The largest absolute Gasteiger partial charge is 0.490 e. The van der Waals surface area contributed by atoms with Gasteiger partial charge in [0.05, 0.1) is 44.4 Å². The average molecular weight is 1250 g/mol. The maximum atomic E-state index is 13.0. The highest BCUT2D eigenvalue weighted by atomic mass is 19.4. The molecule has 0 unspecified atom stereocenters. The molecule has 8 heterocycles. The monoisotopic (exact) mass is 1240 g/mol. The van der Waals surface area contributed by atoms with Crippen molar-refractivity contribution in [2.75, 3.05) is 125 Å². The molecule has 2 atom stereocenters. The highest BCUT2D eigenvalue weighted by Gasteiger charge is 2.40. The van der Waals surface area contributed by atoms with Gasteiger partial charge in [-0.3, -0.25) is 0 Å². The molecule has 88 heavy (non-hydrogen) atoms. The summed E-state index contributed by atoms with van der Waals surface area (Å²) in [6, 6.07) is 18.7. The smallest absolute Gasteiger partial charge is 0.475 e. The van der Waals surface area contributed by atoms with Gasteiger partial charge in [-0.05, 0) is 152 Å². The van der Waals surface area contributed by atoms with Gasteiger partial charge in [-0.15, -0.1) is 0 Å². The standard InChI is InChI=1S/C32H40F3N5O4.C27H32F3N5O2.C2HF3O2/c1-21-5-6-25(36-29(41)39-9-7-22(19-39)18-32(33,34)35)17-26(21)24-15-27(37-28(16-24)38-11-13-43-14-12-38)23-8-10-40(20-23)30(42)44-31(2,3)4;1-18-2-3-22(32-26(36)35-7-5-19(17-35)15-27(28,29)30)14-23(18)21-12-24(20-4-6-31-16-20)33-25(13-21)34-8-10-37-11-9-34;3-2(4,5)1(6)7/h5-6,8,15-17,22H,7,9-14,18-20H2,1-4H3,(H,36,41);2-4,12-14,19,31H,5-11,15-17H2,1H3,(H,32,36);(H,6,7)/t22-;19-;/m00./s1. The molecule has 0 radical (unpaired) electrons. The van der Waals surface area contributed by atoms with Crippen molar-refractivity contribution in [3.8, 4) is 22.3 Å². The summed E-state index contributed by atoms with van der Waals surface area (Å²) in [6.07, 6.45) is -10.8. The minimum atomic E-state index is -5.08. The molecule has 4 fully saturated rings. The Morgan fingerprint density at radius 3 is 1.47 bits per heavy atom. The van der Waals surface area contributed by atoms with Crippen LogP contribution in [0.5, 0.6) is 0 Å². The molecule has 5 amide bonds. The number of carboxylic acids is 1. The van der Waals surface area contributed by atoms with Gasteiger partial charge in [0.25, 0.3) is 0 Å². The van der Waals surface area contributed by atoms with Crippen LogP contribution in [0.1, 0.15) is 69.0 Å². The minimum absolute atomic E-state index is 0.0795. The van der Waals surface area contributed by atoms with E-state index < -0.39 is 60.8 Å². The zero-order valence-electron chi connectivity index (χ0n) is 49.6. The van der Waals surface area contributed by atoms with Crippen molar-refractivity contribution in [1.82, 2.24) is 30.0 Å². The Bertz CT molecular complexity index is 3210. The van der Waals surface area contributed by atoms with Crippen LogP contribution < -0.4 is 25.8 Å². The van der Waals surface area contributed by atoms with Crippen LogP contribution in [0.15, 0.2) is 72.8 Å². The number of aliphatic carboxylic acids is 1. The molecule has 0 spiro atoms. The summed E-state index contributed by atoms with van der Waals surface area (Å²) in [5.41, 5.74) is 10.1. The molecule has 10 rings (SSSR count). The van der Waals surface area contributed by atoms with E-state index in [4.69, 9.17) is 34.1 Å². The number of likely N-dealkylation sites (tertiary alicyclic amines) is 2. The number of aryl methyl sites for hydroxylation is 2. The van der Waals surface area contributed by atoms with Crippen molar-refractivity contribution in [3.05, 3.63) is 95.3 Å². The van der Waals surface area contributed by atoms with Crippen molar-refractivity contribution < 1.29 is 78.0 Å². The van der Waals surface area contributed by atoms with Crippen LogP contribution in [0, 0.1) is 25.7 Å². The third-order valence-corrected chi connectivity index (χ3v) is 15.4. The number of carbonyl (C=O) groups is 4. The highest BCUT2D eigenvalue weighted by Crippen LogP contribution is 2.37. The number of nitrogens with zero attached hydrogens (tertiary/aromatic N) is 7. The van der Waals surface area contributed by atoms with Gasteiger partial charge >= 0.3 is 42.7 Å². The van der Waals surface area contributed by atoms with Crippen LogP contribution in [-0.4, -0.2) is 183 Å². The third-order valence-electron chi connectivity index (χ3n) is 15.4. The van der Waals surface area contributed by atoms with Crippen molar-refractivity contribution in [1.29, 1.82) is 0 Å². The van der Waals surface area contributed by atoms with Gasteiger partial charge in [-0.25, -0.2) is 29.1 Å². The van der Waals surface area contributed by atoms with E-state index in [0.717, 1.165) is 93.7 Å². The summed E-state index contributed by atoms with van der Waals surface area (Å²) in [4.78, 5) is 66.3. The first-order chi connectivity index (χ1) is 41.4. The number of amides is 5. The molecule has 6 aliphatic rings. The van der Waals surface area contributed by atoms with E-state index >= 15 is 0 Å². The van der Waals surface area contributed by atoms with E-state index in [0.29, 0.717) is 83.4 Å². The van der Waals surface area contributed by atoms with Crippen molar-refractivity contribution in [3.63, 3.8) is 0 Å². The number of benzene rings is 2. The van der Waals surface area contributed by atoms with Crippen LogP contribution >= 0.6 is 0 Å². The number of alkyl halides is 9. The van der Waals surface area contributed by atoms with Crippen molar-refractivity contribution in [2.45, 2.75) is 84.4 Å². The quantitative estimate of drug-likeness (QED) is 0.110. The lowest BCUT2D eigenvalue weighted by Gasteiger charge is -2.29. The Morgan fingerprint density at radius 2 is 1.07 bits per heavy atom. The van der Waals surface area contributed by atoms with Gasteiger partial charge in [0.1, 0.15) is 17.2 Å². The number of hydrogen-bond acceptors (Lipinski definition) is 12. The van der Waals surface area contributed by atoms with Gasteiger partial charge in [-0.2, -0.15) is 39.5 Å². The number of ether oxygens (including phenoxy) is 3. The minimum Gasteiger partial charge on any atom is -0.475 e. The zero-order chi connectivity index (χ0) is 63.7. The van der Waals surface area contributed by atoms with E-state index in [1.54, 1.807) is 11.0 Å². The number of nitrogens with one attached hydrogen (secondary N) is 3. The molecule has 18 nitrogen and oxygen atoms in total. The maximum Gasteiger partial charge on any atom is 0.490 e. The summed E-state index contributed by atoms with van der Waals surface area (Å²) < 4.78 is 125. The fourth-order valence-corrected chi connectivity index (χ4v) is 10.9. The fourth-order valence-electron chi connectivity index (χ4n) is 10.9. The molecular weight excluding hydrogens is 1170 g/mol. The maximum absolute atomic E-state index is 13.0. The first-order valence-electron chi connectivity index (χ1n) is 29.0. The number of pyridine rings is 2. The Labute approximate surface area is 504 Å². The number of urea groups is 2. The van der Waals surface area contributed by atoms with Crippen molar-refractivity contribution in [2.24, 2.45) is 11.8 Å². The van der Waals surface area contributed by atoms with Crippen LogP contribution in [-0.2, 0) is 19.0 Å². The van der Waals surface area contributed by atoms with E-state index in [-0.39, 0.29) is 31.8 Å². The van der Waals surface area contributed by atoms with Crippen LogP contribution in [0.25, 0.3) is 33.4 Å². The lowest BCUT2D eigenvalue weighted by molar-refractivity contribution is -0.192. The van der Waals surface area contributed by atoms with Gasteiger partial charge in [0.15, 0.2) is 0 Å². The number of aromatic nitrogens is 2. The second-order valence-electron chi connectivity index (χ2n) is 23.4. The average Bonchev–Trinajstić information content (AvgIpc) is 1.40. The molecule has 2 aromatic carbocycles. The number of halogens is 9. The normalized spacial score (nSPS) is 19.1. The molecule has 0 aliphatic carbocycles. The number of carbonyl (C=O) groups excluding carboxylic acids is 3. The predicted molar refractivity (Wildman–Crippen MR) is 314 cm³/mol. The van der Waals surface area contributed by atoms with Gasteiger partial charge in [0, 0.05) is 96.2 Å². The van der Waals surface area contributed by atoms with Crippen LogP contribution in [0.2, 0.25) is 0 Å². The summed E-state index contributed by atoms with van der Waals surface area (Å²) in [5.74, 6) is -2.20. The number of hydrogen-bond donors (Lipinski definition) is 4. The van der Waals surface area contributed by atoms with Gasteiger partial charge in [0.2, 0.25) is 0 Å². The number of carboxylic acid groups (broad SMARTS) is 1. The molecule has 4 aromatic rings. The fraction of sp³-hybridized carbons (Fsp3) is 0.508. The molecule has 2 aromatic heterocycles. The number of rotatable bonds is 10. The topological polar surface area (TPSA) is 194 Å². The Balaban J connectivity index is 0.000000208. The van der Waals surface area contributed by atoms with Gasteiger partial charge in [-0.1, -0.05) is 24.3 Å². The van der Waals surface area contributed by atoms with Gasteiger partial charge < -0.3 is 59.8 Å².